The molecule has 1 aliphatic heterocycles. The fourth-order valence-electron chi connectivity index (χ4n) is 5.85. The van der Waals surface area contributed by atoms with E-state index in [-0.39, 0.29) is 30.3 Å². The van der Waals surface area contributed by atoms with Gasteiger partial charge >= 0.3 is 0 Å². The summed E-state index contributed by atoms with van der Waals surface area (Å²) in [5.74, 6) is -0.258. The molecule has 1 heterocycles. The number of carbonyl (C=O) groups excluding carboxylic acids is 3. The van der Waals surface area contributed by atoms with Crippen molar-refractivity contribution in [3.05, 3.63) is 22.7 Å². The van der Waals surface area contributed by atoms with E-state index < -0.39 is 15.9 Å². The highest BCUT2D eigenvalue weighted by Gasteiger charge is 2.23. The molecule has 0 spiro atoms. The largest absolute Gasteiger partial charge is 0.496 e. The standard InChI is InChI=1S/C34H59ClN6O7S/c1-39(2)18-12-20-41(23-24-49(45,46)47)33(43)14-9-5-4-6-10-17-37-32(42)13-8-7-11-19-40-21-15-27(16-22-40)38-34(44)28-25-29(35)30(36)26-31(28)48-3/h25-27H,4-24,36H2,1-3H3,(H,37,42)(H,38,44)(H,45,46,47). The van der Waals surface area contributed by atoms with Crippen LogP contribution in [0.5, 0.6) is 5.75 Å². The number of hydrogen-bond donors (Lipinski definition) is 4. The highest BCUT2D eigenvalue weighted by Crippen LogP contribution is 2.29. The Bertz CT molecular complexity index is 1280. The minimum absolute atomic E-state index is 0.00645. The monoisotopic (exact) mass is 730 g/mol. The summed E-state index contributed by atoms with van der Waals surface area (Å²) in [5, 5.41) is 6.43. The van der Waals surface area contributed by atoms with E-state index in [9.17, 15) is 22.8 Å². The van der Waals surface area contributed by atoms with Crippen molar-refractivity contribution in [2.24, 2.45) is 0 Å². The molecule has 2 rings (SSSR count). The normalized spacial score (nSPS) is 14.2. The molecule has 1 aromatic rings. The van der Waals surface area contributed by atoms with Crippen LogP contribution in [0.4, 0.5) is 5.69 Å². The summed E-state index contributed by atoms with van der Waals surface area (Å²) in [4.78, 5) is 43.6. The zero-order valence-corrected chi connectivity index (χ0v) is 31.3. The van der Waals surface area contributed by atoms with Gasteiger partial charge in [-0.2, -0.15) is 8.42 Å². The molecule has 3 amide bonds. The Hall–Kier alpha value is -2.65. The number of ether oxygens (including phenoxy) is 1. The van der Waals surface area contributed by atoms with Gasteiger partial charge in [0.2, 0.25) is 11.8 Å². The van der Waals surface area contributed by atoms with E-state index in [0.717, 1.165) is 96.8 Å². The number of unbranched alkanes of at least 4 members (excludes halogenated alkanes) is 6. The summed E-state index contributed by atoms with van der Waals surface area (Å²) in [7, 11) is 1.26. The van der Waals surface area contributed by atoms with Gasteiger partial charge in [0, 0.05) is 57.7 Å². The molecule has 15 heteroatoms. The number of nitrogens with zero attached hydrogens (tertiary/aromatic N) is 3. The molecule has 0 aliphatic carbocycles. The van der Waals surface area contributed by atoms with Crippen LogP contribution in [0.2, 0.25) is 5.02 Å². The molecule has 0 unspecified atom stereocenters. The third kappa shape index (κ3) is 18.2. The van der Waals surface area contributed by atoms with Crippen LogP contribution in [0.1, 0.15) is 93.8 Å². The first-order valence-electron chi connectivity index (χ1n) is 17.6. The molecule has 0 radical (unpaired) electrons. The smallest absolute Gasteiger partial charge is 0.266 e. The van der Waals surface area contributed by atoms with Crippen LogP contribution < -0.4 is 21.1 Å². The average molecular weight is 731 g/mol. The van der Waals surface area contributed by atoms with Crippen molar-refractivity contribution in [2.45, 2.75) is 89.5 Å². The molecular weight excluding hydrogens is 672 g/mol. The van der Waals surface area contributed by atoms with E-state index in [0.29, 0.717) is 48.0 Å². The zero-order chi connectivity index (χ0) is 36.2. The van der Waals surface area contributed by atoms with Gasteiger partial charge in [0.25, 0.3) is 16.0 Å². The van der Waals surface area contributed by atoms with Gasteiger partial charge in [-0.1, -0.05) is 37.3 Å². The first-order valence-corrected chi connectivity index (χ1v) is 19.6. The van der Waals surface area contributed by atoms with Crippen molar-refractivity contribution in [1.82, 2.24) is 25.3 Å². The lowest BCUT2D eigenvalue weighted by molar-refractivity contribution is -0.131. The second-order valence-electron chi connectivity index (χ2n) is 13.2. The summed E-state index contributed by atoms with van der Waals surface area (Å²) >= 11 is 6.11. The van der Waals surface area contributed by atoms with Crippen molar-refractivity contribution < 1.29 is 32.1 Å². The van der Waals surface area contributed by atoms with Crippen LogP contribution in [0.25, 0.3) is 0 Å². The van der Waals surface area contributed by atoms with E-state index in [4.69, 9.17) is 26.6 Å². The highest BCUT2D eigenvalue weighted by atomic mass is 35.5. The van der Waals surface area contributed by atoms with Crippen LogP contribution in [0, 0.1) is 0 Å². The number of piperidine rings is 1. The van der Waals surface area contributed by atoms with Crippen molar-refractivity contribution in [1.29, 1.82) is 0 Å². The van der Waals surface area contributed by atoms with Crippen molar-refractivity contribution >= 4 is 45.1 Å². The van der Waals surface area contributed by atoms with Crippen molar-refractivity contribution in [2.75, 3.05) is 78.5 Å². The van der Waals surface area contributed by atoms with Gasteiger partial charge in [0.15, 0.2) is 0 Å². The molecule has 0 atom stereocenters. The second kappa shape index (κ2) is 22.9. The maximum Gasteiger partial charge on any atom is 0.266 e. The minimum Gasteiger partial charge on any atom is -0.496 e. The van der Waals surface area contributed by atoms with Crippen LogP contribution in [-0.2, 0) is 19.7 Å². The minimum atomic E-state index is -4.12. The fraction of sp³-hybridized carbons (Fsp3) is 0.735. The predicted molar refractivity (Wildman–Crippen MR) is 195 cm³/mol. The van der Waals surface area contributed by atoms with E-state index >= 15 is 0 Å². The van der Waals surface area contributed by atoms with Gasteiger partial charge in [0.05, 0.1) is 29.1 Å². The third-order valence-electron chi connectivity index (χ3n) is 8.76. The Labute approximate surface area is 298 Å². The van der Waals surface area contributed by atoms with Gasteiger partial charge in [-0.05, 0) is 78.2 Å². The third-order valence-corrected chi connectivity index (χ3v) is 9.79. The van der Waals surface area contributed by atoms with Crippen LogP contribution in [-0.4, -0.2) is 124 Å². The zero-order valence-electron chi connectivity index (χ0n) is 29.7. The van der Waals surface area contributed by atoms with Gasteiger partial charge in [-0.3, -0.25) is 18.9 Å². The molecule has 0 bridgehead atoms. The number of halogens is 1. The number of nitrogen functional groups attached to an aromatic ring is 1. The van der Waals surface area contributed by atoms with Crippen molar-refractivity contribution in [3.63, 3.8) is 0 Å². The molecule has 280 valence electrons. The molecule has 0 aromatic heterocycles. The number of rotatable bonds is 24. The maximum absolute atomic E-state index is 12.8. The first-order chi connectivity index (χ1) is 23.3. The van der Waals surface area contributed by atoms with Crippen LogP contribution in [0.3, 0.4) is 0 Å². The molecule has 13 nitrogen and oxygen atoms in total. The Balaban J connectivity index is 1.48. The molecule has 1 saturated heterocycles. The quantitative estimate of drug-likeness (QED) is 0.0696. The number of carbonyl (C=O) groups is 3. The Kier molecular flexibility index (Phi) is 19.9. The summed E-state index contributed by atoms with van der Waals surface area (Å²) in [6.45, 7) is 4.71. The lowest BCUT2D eigenvalue weighted by Crippen LogP contribution is -2.44. The number of likely N-dealkylation sites (tertiary alicyclic amines) is 1. The van der Waals surface area contributed by atoms with Crippen LogP contribution in [0.15, 0.2) is 12.1 Å². The number of nitrogens with two attached hydrogens (primary N) is 1. The molecule has 1 aliphatic rings. The van der Waals surface area contributed by atoms with E-state index in [1.807, 2.05) is 19.0 Å². The van der Waals surface area contributed by atoms with Crippen molar-refractivity contribution in [3.8, 4) is 5.75 Å². The highest BCUT2D eigenvalue weighted by molar-refractivity contribution is 7.85. The molecule has 1 fully saturated rings. The number of amides is 3. The molecule has 0 saturated carbocycles. The average Bonchev–Trinajstić information content (AvgIpc) is 3.04. The topological polar surface area (TPSA) is 175 Å². The summed E-state index contributed by atoms with van der Waals surface area (Å²) in [5.41, 5.74) is 6.57. The number of benzene rings is 1. The predicted octanol–water partition coefficient (Wildman–Crippen LogP) is 3.81. The van der Waals surface area contributed by atoms with Gasteiger partial charge in [-0.25, -0.2) is 0 Å². The first kappa shape index (κ1) is 42.5. The molecule has 5 N–H and O–H groups in total. The maximum atomic E-state index is 12.8. The molecule has 1 aromatic carbocycles. The van der Waals surface area contributed by atoms with E-state index in [2.05, 4.69) is 15.5 Å². The molecule has 49 heavy (non-hydrogen) atoms. The van der Waals surface area contributed by atoms with Gasteiger partial charge in [-0.15, -0.1) is 0 Å². The van der Waals surface area contributed by atoms with Gasteiger partial charge < -0.3 is 35.8 Å². The number of hydrogen-bond acceptors (Lipinski definition) is 9. The fourth-order valence-corrected chi connectivity index (χ4v) is 6.46. The Morgan fingerprint density at radius 1 is 0.959 bits per heavy atom. The summed E-state index contributed by atoms with van der Waals surface area (Å²) in [6, 6.07) is 3.19. The SMILES string of the molecule is COc1cc(N)c(Cl)cc1C(=O)NC1CCN(CCCCCC(=O)NCCCCCCCC(=O)N(CCCN(C)C)CCS(=O)(=O)O)CC1. The Morgan fingerprint density at radius 3 is 2.29 bits per heavy atom. The number of methoxy groups -OCH3 is 1. The van der Waals surface area contributed by atoms with Gasteiger partial charge in [0.1, 0.15) is 5.75 Å². The van der Waals surface area contributed by atoms with Crippen LogP contribution >= 0.6 is 11.6 Å². The lowest BCUT2D eigenvalue weighted by Gasteiger charge is -2.32. The van der Waals surface area contributed by atoms with E-state index in [1.54, 1.807) is 17.0 Å². The summed E-state index contributed by atoms with van der Waals surface area (Å²) in [6.07, 6.45) is 10.7. The Morgan fingerprint density at radius 2 is 1.61 bits per heavy atom. The lowest BCUT2D eigenvalue weighted by atomic mass is 10.0. The second-order valence-corrected chi connectivity index (χ2v) is 15.1. The number of anilines is 1. The molecular formula is C34H59ClN6O7S. The van der Waals surface area contributed by atoms with E-state index in [1.165, 1.54) is 7.11 Å². The summed E-state index contributed by atoms with van der Waals surface area (Å²) < 4.78 is 36.7. The number of nitrogens with one attached hydrogen (secondary N) is 2.